The summed E-state index contributed by atoms with van der Waals surface area (Å²) in [5, 5.41) is 0. The molecule has 2 aromatic rings. The lowest BCUT2D eigenvalue weighted by molar-refractivity contribution is 0.101. The molecule has 3 rings (SSSR count). The van der Waals surface area contributed by atoms with Crippen molar-refractivity contribution in [1.29, 1.82) is 0 Å². The van der Waals surface area contributed by atoms with Crippen LogP contribution in [0.4, 0.5) is 0 Å². The lowest BCUT2D eigenvalue weighted by Crippen LogP contribution is -2.34. The summed E-state index contributed by atoms with van der Waals surface area (Å²) >= 11 is 6.03. The predicted molar refractivity (Wildman–Crippen MR) is 73.7 cm³/mol. The number of nitrogens with zero attached hydrogens (tertiary/aromatic N) is 3. The van der Waals surface area contributed by atoms with Crippen molar-refractivity contribution in [3.63, 3.8) is 0 Å². The Balaban J connectivity index is 2.04. The van der Waals surface area contributed by atoms with Crippen molar-refractivity contribution in [2.75, 3.05) is 0 Å². The fourth-order valence-electron chi connectivity index (χ4n) is 2.91. The normalized spacial score (nSPS) is 17.9. The Morgan fingerprint density at radius 2 is 2.28 bits per heavy atom. The first-order valence-corrected chi connectivity index (χ1v) is 7.17. The van der Waals surface area contributed by atoms with Crippen molar-refractivity contribution in [2.45, 2.75) is 45.0 Å². The number of rotatable bonds is 4. The molecular formula is C14H18ClN3. The SMILES string of the molecule is CCC1(Cn2c(CCl)nc3cccnc32)CCC1. The van der Waals surface area contributed by atoms with E-state index in [9.17, 15) is 0 Å². The quantitative estimate of drug-likeness (QED) is 0.787. The lowest BCUT2D eigenvalue weighted by atomic mass is 9.67. The molecule has 96 valence electrons. The number of imidazole rings is 1. The minimum Gasteiger partial charge on any atom is -0.311 e. The second-order valence-electron chi connectivity index (χ2n) is 5.30. The van der Waals surface area contributed by atoms with Crippen LogP contribution in [0.3, 0.4) is 0 Å². The van der Waals surface area contributed by atoms with Gasteiger partial charge in [-0.2, -0.15) is 0 Å². The monoisotopic (exact) mass is 263 g/mol. The summed E-state index contributed by atoms with van der Waals surface area (Å²) in [6.07, 6.45) is 7.04. The first-order chi connectivity index (χ1) is 8.78. The lowest BCUT2D eigenvalue weighted by Gasteiger charge is -2.41. The van der Waals surface area contributed by atoms with Gasteiger partial charge in [-0.1, -0.05) is 13.3 Å². The van der Waals surface area contributed by atoms with Gasteiger partial charge in [-0.25, -0.2) is 9.97 Å². The minimum atomic E-state index is 0.450. The van der Waals surface area contributed by atoms with Crippen LogP contribution in [0.1, 0.15) is 38.4 Å². The number of pyridine rings is 1. The van der Waals surface area contributed by atoms with Gasteiger partial charge in [-0.15, -0.1) is 11.6 Å². The van der Waals surface area contributed by atoms with E-state index in [2.05, 4.69) is 21.5 Å². The van der Waals surface area contributed by atoms with Gasteiger partial charge in [0.25, 0.3) is 0 Å². The summed E-state index contributed by atoms with van der Waals surface area (Å²) in [5.41, 5.74) is 2.39. The van der Waals surface area contributed by atoms with Crippen LogP contribution in [-0.4, -0.2) is 14.5 Å². The van der Waals surface area contributed by atoms with Crippen LogP contribution in [0.25, 0.3) is 11.2 Å². The first-order valence-electron chi connectivity index (χ1n) is 6.64. The summed E-state index contributed by atoms with van der Waals surface area (Å²) in [7, 11) is 0. The third kappa shape index (κ3) is 1.81. The van der Waals surface area contributed by atoms with E-state index in [1.165, 1.54) is 25.7 Å². The highest BCUT2D eigenvalue weighted by molar-refractivity contribution is 6.16. The summed E-state index contributed by atoms with van der Waals surface area (Å²) in [5.74, 6) is 1.40. The Morgan fingerprint density at radius 3 is 2.89 bits per heavy atom. The fourth-order valence-corrected chi connectivity index (χ4v) is 3.11. The Hall–Kier alpha value is -1.09. The van der Waals surface area contributed by atoms with E-state index in [0.29, 0.717) is 11.3 Å². The van der Waals surface area contributed by atoms with E-state index >= 15 is 0 Å². The van der Waals surface area contributed by atoms with E-state index in [-0.39, 0.29) is 0 Å². The number of hydrogen-bond donors (Lipinski definition) is 0. The van der Waals surface area contributed by atoms with Gasteiger partial charge >= 0.3 is 0 Å². The fraction of sp³-hybridized carbons (Fsp3) is 0.571. The second-order valence-corrected chi connectivity index (χ2v) is 5.57. The molecule has 0 amide bonds. The van der Waals surface area contributed by atoms with Crippen molar-refractivity contribution < 1.29 is 0 Å². The van der Waals surface area contributed by atoms with Crippen molar-refractivity contribution >= 4 is 22.8 Å². The highest BCUT2D eigenvalue weighted by Crippen LogP contribution is 2.45. The maximum atomic E-state index is 6.03. The summed E-state index contributed by atoms with van der Waals surface area (Å²) in [6.45, 7) is 3.30. The molecule has 0 unspecified atom stereocenters. The largest absolute Gasteiger partial charge is 0.311 e. The Morgan fingerprint density at radius 1 is 1.44 bits per heavy atom. The molecule has 3 nitrogen and oxygen atoms in total. The molecule has 1 saturated carbocycles. The van der Waals surface area contributed by atoms with Crippen LogP contribution in [0, 0.1) is 5.41 Å². The minimum absolute atomic E-state index is 0.450. The van der Waals surface area contributed by atoms with Gasteiger partial charge in [0.15, 0.2) is 5.65 Å². The van der Waals surface area contributed by atoms with Gasteiger partial charge in [-0.05, 0) is 36.8 Å². The highest BCUT2D eigenvalue weighted by atomic mass is 35.5. The topological polar surface area (TPSA) is 30.7 Å². The Kier molecular flexibility index (Phi) is 3.02. The van der Waals surface area contributed by atoms with Crippen LogP contribution in [0.5, 0.6) is 0 Å². The third-order valence-electron chi connectivity index (χ3n) is 4.36. The standard InChI is InChI=1S/C14H18ClN3/c1-2-14(6-4-7-14)10-18-12(9-15)17-11-5-3-8-16-13(11)18/h3,5,8H,2,4,6-7,9-10H2,1H3. The molecule has 2 aromatic heterocycles. The average Bonchev–Trinajstić information content (AvgIpc) is 2.71. The van der Waals surface area contributed by atoms with Crippen LogP contribution >= 0.6 is 11.6 Å². The van der Waals surface area contributed by atoms with Gasteiger partial charge in [0, 0.05) is 12.7 Å². The summed E-state index contributed by atoms with van der Waals surface area (Å²) in [4.78, 5) is 9.04. The zero-order chi connectivity index (χ0) is 12.6. The molecule has 18 heavy (non-hydrogen) atoms. The van der Waals surface area contributed by atoms with Gasteiger partial charge in [0.2, 0.25) is 0 Å². The molecule has 0 aromatic carbocycles. The average molecular weight is 264 g/mol. The Labute approximate surface area is 112 Å². The Bertz CT molecular complexity index is 552. The molecule has 2 heterocycles. The summed E-state index contributed by atoms with van der Waals surface area (Å²) in [6, 6.07) is 3.94. The van der Waals surface area contributed by atoms with Crippen LogP contribution in [0.2, 0.25) is 0 Å². The van der Waals surface area contributed by atoms with Crippen LogP contribution in [-0.2, 0) is 12.4 Å². The number of aromatic nitrogens is 3. The van der Waals surface area contributed by atoms with Crippen molar-refractivity contribution in [2.24, 2.45) is 5.41 Å². The molecular weight excluding hydrogens is 246 g/mol. The second kappa shape index (κ2) is 4.54. The van der Waals surface area contributed by atoms with E-state index in [4.69, 9.17) is 11.6 Å². The van der Waals surface area contributed by atoms with E-state index in [1.54, 1.807) is 0 Å². The summed E-state index contributed by atoms with van der Waals surface area (Å²) < 4.78 is 2.23. The highest BCUT2D eigenvalue weighted by Gasteiger charge is 2.36. The molecule has 1 aliphatic rings. The smallest absolute Gasteiger partial charge is 0.160 e. The van der Waals surface area contributed by atoms with Crippen LogP contribution in [0.15, 0.2) is 18.3 Å². The maximum absolute atomic E-state index is 6.03. The maximum Gasteiger partial charge on any atom is 0.160 e. The van der Waals surface area contributed by atoms with Crippen molar-refractivity contribution in [3.8, 4) is 0 Å². The number of hydrogen-bond acceptors (Lipinski definition) is 2. The molecule has 4 heteroatoms. The van der Waals surface area contributed by atoms with Crippen molar-refractivity contribution in [1.82, 2.24) is 14.5 Å². The number of fused-ring (bicyclic) bond motifs is 1. The molecule has 0 saturated heterocycles. The van der Waals surface area contributed by atoms with Gasteiger partial charge < -0.3 is 4.57 Å². The van der Waals surface area contributed by atoms with E-state index in [1.807, 2.05) is 18.3 Å². The first kappa shape index (κ1) is 12.0. The molecule has 0 aliphatic heterocycles. The van der Waals surface area contributed by atoms with E-state index in [0.717, 1.165) is 23.5 Å². The zero-order valence-electron chi connectivity index (χ0n) is 10.7. The molecule has 0 bridgehead atoms. The van der Waals surface area contributed by atoms with Gasteiger partial charge in [0.1, 0.15) is 11.3 Å². The molecule has 0 atom stereocenters. The van der Waals surface area contributed by atoms with Crippen molar-refractivity contribution in [3.05, 3.63) is 24.2 Å². The third-order valence-corrected chi connectivity index (χ3v) is 4.60. The molecule has 0 spiro atoms. The molecule has 1 aliphatic carbocycles. The number of alkyl halides is 1. The zero-order valence-corrected chi connectivity index (χ0v) is 11.5. The predicted octanol–water partition coefficient (Wildman–Crippen LogP) is 3.75. The molecule has 1 fully saturated rings. The van der Waals surface area contributed by atoms with Gasteiger partial charge in [-0.3, -0.25) is 0 Å². The van der Waals surface area contributed by atoms with E-state index < -0.39 is 0 Å². The van der Waals surface area contributed by atoms with Gasteiger partial charge in [0.05, 0.1) is 5.88 Å². The van der Waals surface area contributed by atoms with Crippen LogP contribution < -0.4 is 0 Å². The molecule has 0 N–H and O–H groups in total. The molecule has 0 radical (unpaired) electrons. The number of halogens is 1.